The van der Waals surface area contributed by atoms with Crippen molar-refractivity contribution in [3.8, 4) is 0 Å². The average Bonchev–Trinajstić information content (AvgIpc) is 2.91. The number of hydrogen-bond acceptors (Lipinski definition) is 3. The first kappa shape index (κ1) is 15.3. The molecule has 1 heterocycles. The molecule has 0 aliphatic heterocycles. The monoisotopic (exact) mass is 286 g/mol. The predicted molar refractivity (Wildman–Crippen MR) is 83.8 cm³/mol. The smallest absolute Gasteiger partial charge is 0.241 e. The number of carbonyl (C=O) groups is 1. The molecule has 1 amide bonds. The number of rotatable bonds is 6. The van der Waals surface area contributed by atoms with Crippen LogP contribution in [-0.2, 0) is 11.3 Å². The minimum atomic E-state index is -0.470. The van der Waals surface area contributed by atoms with Gasteiger partial charge in [-0.05, 0) is 30.0 Å². The minimum absolute atomic E-state index is 0.136. The molecule has 2 aromatic rings. The van der Waals surface area contributed by atoms with Crippen LogP contribution in [0.4, 0.5) is 5.69 Å². The number of anilines is 1. The second-order valence-electron chi connectivity index (χ2n) is 5.66. The van der Waals surface area contributed by atoms with Gasteiger partial charge in [0, 0.05) is 24.6 Å². The molecule has 0 saturated carbocycles. The SMILES string of the molecule is CC(C)CC(N)C(=O)Nc1cccc(Cn2ccnc2)c1. The fraction of sp³-hybridized carbons (Fsp3) is 0.375. The van der Waals surface area contributed by atoms with Gasteiger partial charge in [-0.1, -0.05) is 26.0 Å². The van der Waals surface area contributed by atoms with Gasteiger partial charge in [-0.3, -0.25) is 4.79 Å². The lowest BCUT2D eigenvalue weighted by Crippen LogP contribution is -2.36. The third kappa shape index (κ3) is 4.72. The zero-order valence-corrected chi connectivity index (χ0v) is 12.5. The van der Waals surface area contributed by atoms with Crippen LogP contribution in [-0.4, -0.2) is 21.5 Å². The molecule has 3 N–H and O–H groups in total. The number of hydrogen-bond donors (Lipinski definition) is 2. The molecule has 1 aromatic carbocycles. The van der Waals surface area contributed by atoms with Gasteiger partial charge in [0.1, 0.15) is 0 Å². The summed E-state index contributed by atoms with van der Waals surface area (Å²) in [4.78, 5) is 16.0. The molecule has 0 bridgehead atoms. The molecule has 0 radical (unpaired) electrons. The molecule has 0 aliphatic carbocycles. The van der Waals surface area contributed by atoms with Crippen LogP contribution in [0.3, 0.4) is 0 Å². The van der Waals surface area contributed by atoms with Gasteiger partial charge in [0.15, 0.2) is 0 Å². The fourth-order valence-electron chi connectivity index (χ4n) is 2.19. The Kier molecular flexibility index (Phi) is 5.11. The first-order chi connectivity index (χ1) is 10.0. The van der Waals surface area contributed by atoms with E-state index in [1.807, 2.05) is 35.0 Å². The number of nitrogens with zero attached hydrogens (tertiary/aromatic N) is 2. The Bertz CT molecular complexity index is 578. The van der Waals surface area contributed by atoms with Crippen LogP contribution in [0.15, 0.2) is 43.0 Å². The number of carbonyl (C=O) groups excluding carboxylic acids is 1. The molecule has 1 aromatic heterocycles. The third-order valence-electron chi connectivity index (χ3n) is 3.18. The highest BCUT2D eigenvalue weighted by atomic mass is 16.2. The normalized spacial score (nSPS) is 12.4. The fourth-order valence-corrected chi connectivity index (χ4v) is 2.19. The van der Waals surface area contributed by atoms with Gasteiger partial charge >= 0.3 is 0 Å². The molecular formula is C16H22N4O. The van der Waals surface area contributed by atoms with Crippen molar-refractivity contribution >= 4 is 11.6 Å². The van der Waals surface area contributed by atoms with Crippen molar-refractivity contribution in [1.82, 2.24) is 9.55 Å². The van der Waals surface area contributed by atoms with Crippen molar-refractivity contribution in [2.45, 2.75) is 32.9 Å². The van der Waals surface area contributed by atoms with E-state index in [2.05, 4.69) is 24.1 Å². The van der Waals surface area contributed by atoms with E-state index < -0.39 is 6.04 Å². The summed E-state index contributed by atoms with van der Waals surface area (Å²) < 4.78 is 1.98. The first-order valence-electron chi connectivity index (χ1n) is 7.15. The van der Waals surface area contributed by atoms with E-state index in [0.29, 0.717) is 12.3 Å². The Labute approximate surface area is 125 Å². The maximum atomic E-state index is 12.0. The van der Waals surface area contributed by atoms with Crippen LogP contribution in [0.2, 0.25) is 0 Å². The van der Waals surface area contributed by atoms with Crippen molar-refractivity contribution in [2.24, 2.45) is 11.7 Å². The molecule has 112 valence electrons. The maximum Gasteiger partial charge on any atom is 0.241 e. The number of amides is 1. The highest BCUT2D eigenvalue weighted by Crippen LogP contribution is 2.13. The molecule has 0 aliphatic rings. The Morgan fingerprint density at radius 2 is 2.24 bits per heavy atom. The molecule has 2 rings (SSSR count). The van der Waals surface area contributed by atoms with Crippen molar-refractivity contribution in [1.29, 1.82) is 0 Å². The summed E-state index contributed by atoms with van der Waals surface area (Å²) in [5, 5.41) is 2.88. The second kappa shape index (κ2) is 7.04. The lowest BCUT2D eigenvalue weighted by Gasteiger charge is -2.14. The largest absolute Gasteiger partial charge is 0.333 e. The standard InChI is InChI=1S/C16H22N4O/c1-12(2)8-15(17)16(21)19-14-5-3-4-13(9-14)10-20-7-6-18-11-20/h3-7,9,11-12,15H,8,10,17H2,1-2H3,(H,19,21). The van der Waals surface area contributed by atoms with Gasteiger partial charge in [0.25, 0.3) is 0 Å². The summed E-state index contributed by atoms with van der Waals surface area (Å²) in [6.07, 6.45) is 6.10. The minimum Gasteiger partial charge on any atom is -0.333 e. The summed E-state index contributed by atoms with van der Waals surface area (Å²) >= 11 is 0. The Balaban J connectivity index is 1.99. The average molecular weight is 286 g/mol. The quantitative estimate of drug-likeness (QED) is 0.855. The van der Waals surface area contributed by atoms with Crippen molar-refractivity contribution in [3.63, 3.8) is 0 Å². The van der Waals surface area contributed by atoms with E-state index in [1.54, 1.807) is 12.5 Å². The lowest BCUT2D eigenvalue weighted by atomic mass is 10.0. The lowest BCUT2D eigenvalue weighted by molar-refractivity contribution is -0.117. The number of nitrogens with one attached hydrogen (secondary N) is 1. The molecule has 0 saturated heterocycles. The summed E-state index contributed by atoms with van der Waals surface area (Å²) in [6, 6.07) is 7.30. The van der Waals surface area contributed by atoms with Crippen LogP contribution < -0.4 is 11.1 Å². The van der Waals surface area contributed by atoms with E-state index in [-0.39, 0.29) is 5.91 Å². The number of benzene rings is 1. The Hall–Kier alpha value is -2.14. The highest BCUT2D eigenvalue weighted by Gasteiger charge is 2.15. The summed E-state index contributed by atoms with van der Waals surface area (Å²) in [5.74, 6) is 0.266. The number of nitrogens with two attached hydrogens (primary N) is 1. The topological polar surface area (TPSA) is 72.9 Å². The molecule has 5 heteroatoms. The van der Waals surface area contributed by atoms with Crippen LogP contribution in [0.25, 0.3) is 0 Å². The molecule has 0 spiro atoms. The van der Waals surface area contributed by atoms with Crippen molar-refractivity contribution in [3.05, 3.63) is 48.5 Å². The second-order valence-corrected chi connectivity index (χ2v) is 5.66. The Morgan fingerprint density at radius 3 is 2.90 bits per heavy atom. The van der Waals surface area contributed by atoms with Crippen LogP contribution >= 0.6 is 0 Å². The van der Waals surface area contributed by atoms with Crippen LogP contribution in [0.5, 0.6) is 0 Å². The summed E-state index contributed by atoms with van der Waals surface area (Å²) in [6.45, 7) is 4.83. The summed E-state index contributed by atoms with van der Waals surface area (Å²) in [5.41, 5.74) is 7.76. The van der Waals surface area contributed by atoms with Gasteiger partial charge in [-0.25, -0.2) is 4.98 Å². The Morgan fingerprint density at radius 1 is 1.43 bits per heavy atom. The van der Waals surface area contributed by atoms with E-state index >= 15 is 0 Å². The zero-order chi connectivity index (χ0) is 15.2. The van der Waals surface area contributed by atoms with Gasteiger partial charge in [-0.15, -0.1) is 0 Å². The number of aromatic nitrogens is 2. The van der Waals surface area contributed by atoms with Gasteiger partial charge in [0.2, 0.25) is 5.91 Å². The molecule has 5 nitrogen and oxygen atoms in total. The van der Waals surface area contributed by atoms with E-state index in [4.69, 9.17) is 5.73 Å². The molecule has 21 heavy (non-hydrogen) atoms. The summed E-state index contributed by atoms with van der Waals surface area (Å²) in [7, 11) is 0. The highest BCUT2D eigenvalue weighted by molar-refractivity contribution is 5.94. The van der Waals surface area contributed by atoms with E-state index in [0.717, 1.165) is 17.8 Å². The molecular weight excluding hydrogens is 264 g/mol. The van der Waals surface area contributed by atoms with E-state index in [9.17, 15) is 4.79 Å². The number of imidazole rings is 1. The third-order valence-corrected chi connectivity index (χ3v) is 3.18. The van der Waals surface area contributed by atoms with Crippen LogP contribution in [0, 0.1) is 5.92 Å². The van der Waals surface area contributed by atoms with Gasteiger partial charge in [-0.2, -0.15) is 0 Å². The maximum absolute atomic E-state index is 12.0. The van der Waals surface area contributed by atoms with Gasteiger partial charge in [0.05, 0.1) is 12.4 Å². The molecule has 1 unspecified atom stereocenters. The molecule has 0 fully saturated rings. The van der Waals surface area contributed by atoms with Crippen LogP contribution in [0.1, 0.15) is 25.8 Å². The first-order valence-corrected chi connectivity index (χ1v) is 7.15. The predicted octanol–water partition coefficient (Wildman–Crippen LogP) is 2.24. The van der Waals surface area contributed by atoms with Gasteiger partial charge < -0.3 is 15.6 Å². The van der Waals surface area contributed by atoms with Crippen molar-refractivity contribution in [2.75, 3.05) is 5.32 Å². The van der Waals surface area contributed by atoms with E-state index in [1.165, 1.54) is 0 Å². The van der Waals surface area contributed by atoms with Crippen molar-refractivity contribution < 1.29 is 4.79 Å². The zero-order valence-electron chi connectivity index (χ0n) is 12.5. The molecule has 1 atom stereocenters.